The molecule has 0 aliphatic heterocycles. The van der Waals surface area contributed by atoms with Crippen LogP contribution < -0.4 is 5.73 Å². The Morgan fingerprint density at radius 1 is 1.47 bits per heavy atom. The van der Waals surface area contributed by atoms with Crippen molar-refractivity contribution < 1.29 is 4.42 Å². The van der Waals surface area contributed by atoms with E-state index >= 15 is 0 Å². The highest BCUT2D eigenvalue weighted by Crippen LogP contribution is 2.36. The molecule has 15 heavy (non-hydrogen) atoms. The molecule has 1 fully saturated rings. The molecule has 0 radical (unpaired) electrons. The third-order valence-electron chi connectivity index (χ3n) is 3.17. The first kappa shape index (κ1) is 8.92. The van der Waals surface area contributed by atoms with Gasteiger partial charge in [-0.15, -0.1) is 0 Å². The van der Waals surface area contributed by atoms with E-state index in [1.54, 1.807) is 6.26 Å². The van der Waals surface area contributed by atoms with Crippen molar-refractivity contribution in [3.63, 3.8) is 0 Å². The van der Waals surface area contributed by atoms with Gasteiger partial charge < -0.3 is 10.2 Å². The predicted molar refractivity (Wildman–Crippen MR) is 58.5 cm³/mol. The molecule has 0 saturated heterocycles. The van der Waals surface area contributed by atoms with E-state index < -0.39 is 0 Å². The van der Waals surface area contributed by atoms with E-state index in [1.165, 1.54) is 0 Å². The second kappa shape index (κ2) is 3.07. The van der Waals surface area contributed by atoms with Crippen LogP contribution >= 0.6 is 0 Å². The van der Waals surface area contributed by atoms with E-state index in [-0.39, 0.29) is 5.54 Å². The lowest BCUT2D eigenvalue weighted by Gasteiger charge is -2.06. The van der Waals surface area contributed by atoms with Crippen molar-refractivity contribution in [3.8, 4) is 0 Å². The minimum absolute atomic E-state index is 0.111. The number of hydrogen-bond acceptors (Lipinski definition) is 3. The molecular formula is C12H14N2O. The Bertz CT molecular complexity index is 485. The van der Waals surface area contributed by atoms with Crippen LogP contribution in [0.25, 0.3) is 11.0 Å². The molecule has 2 N–H and O–H groups in total. The van der Waals surface area contributed by atoms with E-state index in [9.17, 15) is 0 Å². The van der Waals surface area contributed by atoms with Gasteiger partial charge in [-0.3, -0.25) is 4.98 Å². The quantitative estimate of drug-likeness (QED) is 0.830. The molecule has 78 valence electrons. The summed E-state index contributed by atoms with van der Waals surface area (Å²) in [5, 5.41) is 1.06. The fourth-order valence-electron chi connectivity index (χ4n) is 1.82. The van der Waals surface area contributed by atoms with Gasteiger partial charge in [-0.1, -0.05) is 0 Å². The Morgan fingerprint density at radius 2 is 2.33 bits per heavy atom. The van der Waals surface area contributed by atoms with Crippen LogP contribution in [0.15, 0.2) is 29.0 Å². The summed E-state index contributed by atoms with van der Waals surface area (Å²) < 4.78 is 5.33. The van der Waals surface area contributed by atoms with Gasteiger partial charge in [0.1, 0.15) is 5.58 Å². The van der Waals surface area contributed by atoms with Crippen LogP contribution in [0.4, 0.5) is 0 Å². The topological polar surface area (TPSA) is 52.0 Å². The summed E-state index contributed by atoms with van der Waals surface area (Å²) in [7, 11) is 0. The normalized spacial score (nSPS) is 18.2. The number of nitrogens with two attached hydrogens (primary N) is 1. The van der Waals surface area contributed by atoms with Crippen LogP contribution in [0.2, 0.25) is 0 Å². The zero-order chi connectivity index (χ0) is 10.3. The molecule has 1 saturated carbocycles. The maximum atomic E-state index is 6.04. The summed E-state index contributed by atoms with van der Waals surface area (Å²) in [5.41, 5.74) is 8.14. The van der Waals surface area contributed by atoms with Crippen LogP contribution in [0.5, 0.6) is 0 Å². The Morgan fingerprint density at radius 3 is 3.13 bits per heavy atom. The number of aromatic nitrogens is 1. The van der Waals surface area contributed by atoms with Gasteiger partial charge in [0.2, 0.25) is 0 Å². The van der Waals surface area contributed by atoms with Gasteiger partial charge in [0, 0.05) is 28.9 Å². The fourth-order valence-corrected chi connectivity index (χ4v) is 1.82. The van der Waals surface area contributed by atoms with Crippen LogP contribution in [-0.4, -0.2) is 10.5 Å². The van der Waals surface area contributed by atoms with E-state index in [2.05, 4.69) is 4.98 Å². The summed E-state index contributed by atoms with van der Waals surface area (Å²) >= 11 is 0. The number of nitrogens with zero attached hydrogens (tertiary/aromatic N) is 1. The molecule has 2 aromatic rings. The third kappa shape index (κ3) is 1.75. The minimum atomic E-state index is 0.111. The lowest BCUT2D eigenvalue weighted by Crippen LogP contribution is -2.22. The molecule has 0 atom stereocenters. The van der Waals surface area contributed by atoms with Gasteiger partial charge in [0.25, 0.3) is 0 Å². The number of furan rings is 1. The Balaban J connectivity index is 1.78. The monoisotopic (exact) mass is 202 g/mol. The van der Waals surface area contributed by atoms with Gasteiger partial charge >= 0.3 is 0 Å². The lowest BCUT2D eigenvalue weighted by molar-refractivity contribution is 0.598. The van der Waals surface area contributed by atoms with Crippen LogP contribution in [-0.2, 0) is 6.42 Å². The van der Waals surface area contributed by atoms with Crippen molar-refractivity contribution in [1.29, 1.82) is 0 Å². The highest BCUT2D eigenvalue weighted by Gasteiger charge is 2.37. The van der Waals surface area contributed by atoms with Crippen molar-refractivity contribution in [2.24, 2.45) is 5.73 Å². The Hall–Kier alpha value is -1.35. The molecule has 0 amide bonds. The third-order valence-corrected chi connectivity index (χ3v) is 3.17. The van der Waals surface area contributed by atoms with Crippen molar-refractivity contribution in [1.82, 2.24) is 4.98 Å². The summed E-state index contributed by atoms with van der Waals surface area (Å²) in [5.74, 6) is 0. The zero-order valence-corrected chi connectivity index (χ0v) is 8.57. The molecule has 0 aromatic carbocycles. The zero-order valence-electron chi connectivity index (χ0n) is 8.57. The summed E-state index contributed by atoms with van der Waals surface area (Å²) in [6, 6.07) is 3.94. The number of rotatable bonds is 3. The van der Waals surface area contributed by atoms with Gasteiger partial charge in [-0.2, -0.15) is 0 Å². The molecule has 3 nitrogen and oxygen atoms in total. The second-order valence-electron chi connectivity index (χ2n) is 4.50. The summed E-state index contributed by atoms with van der Waals surface area (Å²) in [6.07, 6.45) is 7.87. The van der Waals surface area contributed by atoms with E-state index in [1.807, 2.05) is 18.3 Å². The first-order valence-electron chi connectivity index (χ1n) is 5.36. The fraction of sp³-hybridized carbons (Fsp3) is 0.417. The average Bonchev–Trinajstić information content (AvgIpc) is 2.80. The highest BCUT2D eigenvalue weighted by molar-refractivity contribution is 5.76. The van der Waals surface area contributed by atoms with Crippen molar-refractivity contribution in [2.45, 2.75) is 31.2 Å². The molecule has 2 aromatic heterocycles. The lowest BCUT2D eigenvalue weighted by atomic mass is 10.1. The molecule has 3 rings (SSSR count). The van der Waals surface area contributed by atoms with E-state index in [0.29, 0.717) is 0 Å². The number of fused-ring (bicyclic) bond motifs is 1. The largest absolute Gasteiger partial charge is 0.464 e. The molecule has 1 aliphatic carbocycles. The van der Waals surface area contributed by atoms with Crippen molar-refractivity contribution in [3.05, 3.63) is 30.3 Å². The predicted octanol–water partition coefficient (Wildman–Crippen LogP) is 2.25. The average molecular weight is 202 g/mol. The molecule has 0 unspecified atom stereocenters. The van der Waals surface area contributed by atoms with Gasteiger partial charge in [0.15, 0.2) is 0 Å². The first-order valence-corrected chi connectivity index (χ1v) is 5.36. The number of hydrogen-bond donors (Lipinski definition) is 1. The molecule has 0 spiro atoms. The second-order valence-corrected chi connectivity index (χ2v) is 4.50. The molecule has 3 heteroatoms. The van der Waals surface area contributed by atoms with Gasteiger partial charge in [-0.05, 0) is 31.7 Å². The standard InChI is InChI=1S/C12H14N2O/c13-12(4-5-12)3-1-10-7-11-9(8-14-10)2-6-15-11/h2,6-8H,1,3-5,13H2. The summed E-state index contributed by atoms with van der Waals surface area (Å²) in [4.78, 5) is 4.39. The molecule has 0 bridgehead atoms. The summed E-state index contributed by atoms with van der Waals surface area (Å²) in [6.45, 7) is 0. The van der Waals surface area contributed by atoms with Crippen LogP contribution in [0.3, 0.4) is 0 Å². The van der Waals surface area contributed by atoms with Gasteiger partial charge in [-0.25, -0.2) is 0 Å². The smallest absolute Gasteiger partial charge is 0.137 e. The molecule has 2 heterocycles. The Kier molecular flexibility index (Phi) is 1.83. The Labute approximate surface area is 88.3 Å². The maximum Gasteiger partial charge on any atom is 0.137 e. The molecular weight excluding hydrogens is 188 g/mol. The number of aryl methyl sites for hydroxylation is 1. The SMILES string of the molecule is NC1(CCc2cc3occc3cn2)CC1. The first-order chi connectivity index (χ1) is 7.25. The van der Waals surface area contributed by atoms with Crippen LogP contribution in [0, 0.1) is 0 Å². The van der Waals surface area contributed by atoms with Crippen molar-refractivity contribution in [2.75, 3.05) is 0 Å². The molecule has 1 aliphatic rings. The van der Waals surface area contributed by atoms with Crippen LogP contribution in [0.1, 0.15) is 25.0 Å². The maximum absolute atomic E-state index is 6.04. The van der Waals surface area contributed by atoms with Gasteiger partial charge in [0.05, 0.1) is 6.26 Å². The minimum Gasteiger partial charge on any atom is -0.464 e. The van der Waals surface area contributed by atoms with E-state index in [0.717, 1.165) is 42.3 Å². The van der Waals surface area contributed by atoms with Crippen molar-refractivity contribution >= 4 is 11.0 Å². The number of pyridine rings is 1. The van der Waals surface area contributed by atoms with E-state index in [4.69, 9.17) is 10.2 Å². The highest BCUT2D eigenvalue weighted by atomic mass is 16.3.